The second kappa shape index (κ2) is 4.76. The van der Waals surface area contributed by atoms with Crippen molar-refractivity contribution in [1.29, 1.82) is 0 Å². The highest BCUT2D eigenvalue weighted by Gasteiger charge is 2.22. The average molecular weight is 256 g/mol. The SMILES string of the molecule is Nc1c(NCC(=O)NC2CC2)ccc2ncccc12. The van der Waals surface area contributed by atoms with Crippen LogP contribution >= 0.6 is 0 Å². The largest absolute Gasteiger partial charge is 0.397 e. The third-order valence-corrected chi connectivity index (χ3v) is 3.21. The maximum absolute atomic E-state index is 11.6. The molecule has 98 valence electrons. The number of aromatic nitrogens is 1. The van der Waals surface area contributed by atoms with Crippen LogP contribution in [0, 0.1) is 0 Å². The summed E-state index contributed by atoms with van der Waals surface area (Å²) in [4.78, 5) is 15.9. The summed E-state index contributed by atoms with van der Waals surface area (Å²) in [5.74, 6) is 0.00758. The van der Waals surface area contributed by atoms with E-state index in [4.69, 9.17) is 5.73 Å². The van der Waals surface area contributed by atoms with Gasteiger partial charge in [0, 0.05) is 17.6 Å². The standard InChI is InChI=1S/C14H16N4O/c15-14-10-2-1-7-16-11(10)5-6-12(14)17-8-13(19)18-9-3-4-9/h1-2,5-7,9,17H,3-4,8,15H2,(H,18,19). The minimum absolute atomic E-state index is 0.00758. The van der Waals surface area contributed by atoms with Crippen LogP contribution in [0.25, 0.3) is 10.9 Å². The molecular weight excluding hydrogens is 240 g/mol. The van der Waals surface area contributed by atoms with E-state index in [1.165, 1.54) is 0 Å². The highest BCUT2D eigenvalue weighted by atomic mass is 16.2. The van der Waals surface area contributed by atoms with Gasteiger partial charge in [-0.3, -0.25) is 9.78 Å². The van der Waals surface area contributed by atoms with Gasteiger partial charge in [-0.25, -0.2) is 0 Å². The van der Waals surface area contributed by atoms with Gasteiger partial charge in [-0.05, 0) is 37.1 Å². The molecule has 1 aliphatic carbocycles. The van der Waals surface area contributed by atoms with Crippen LogP contribution in [0.5, 0.6) is 0 Å². The van der Waals surface area contributed by atoms with Crippen molar-refractivity contribution in [2.45, 2.75) is 18.9 Å². The molecule has 5 heteroatoms. The van der Waals surface area contributed by atoms with Gasteiger partial charge in [-0.1, -0.05) is 0 Å². The normalized spacial score (nSPS) is 14.3. The first-order valence-corrected chi connectivity index (χ1v) is 6.40. The van der Waals surface area contributed by atoms with Gasteiger partial charge in [-0.2, -0.15) is 0 Å². The fourth-order valence-electron chi connectivity index (χ4n) is 2.01. The lowest BCUT2D eigenvalue weighted by molar-refractivity contribution is -0.119. The molecule has 0 saturated heterocycles. The maximum Gasteiger partial charge on any atom is 0.239 e. The Hall–Kier alpha value is -2.30. The number of nitrogens with two attached hydrogens (primary N) is 1. The van der Waals surface area contributed by atoms with Gasteiger partial charge in [0.2, 0.25) is 5.91 Å². The first kappa shape index (κ1) is 11.8. The number of anilines is 2. The zero-order valence-corrected chi connectivity index (χ0v) is 10.5. The molecule has 3 rings (SSSR count). The number of fused-ring (bicyclic) bond motifs is 1. The number of amides is 1. The quantitative estimate of drug-likeness (QED) is 0.724. The lowest BCUT2D eigenvalue weighted by Crippen LogP contribution is -2.31. The van der Waals surface area contributed by atoms with E-state index < -0.39 is 0 Å². The number of carbonyl (C=O) groups is 1. The van der Waals surface area contributed by atoms with Gasteiger partial charge in [0.05, 0.1) is 23.4 Å². The summed E-state index contributed by atoms with van der Waals surface area (Å²) in [6, 6.07) is 7.91. The molecule has 1 heterocycles. The van der Waals surface area contributed by atoms with E-state index in [1.807, 2.05) is 24.3 Å². The van der Waals surface area contributed by atoms with Crippen LogP contribution in [0.4, 0.5) is 11.4 Å². The van der Waals surface area contributed by atoms with Crippen LogP contribution in [0.1, 0.15) is 12.8 Å². The van der Waals surface area contributed by atoms with Crippen molar-refractivity contribution in [2.24, 2.45) is 0 Å². The Balaban J connectivity index is 1.73. The molecule has 1 aromatic carbocycles. The van der Waals surface area contributed by atoms with E-state index in [-0.39, 0.29) is 12.5 Å². The van der Waals surface area contributed by atoms with Crippen molar-refractivity contribution in [3.8, 4) is 0 Å². The van der Waals surface area contributed by atoms with Crippen molar-refractivity contribution in [3.63, 3.8) is 0 Å². The van der Waals surface area contributed by atoms with Gasteiger partial charge in [0.15, 0.2) is 0 Å². The molecule has 0 aliphatic heterocycles. The Morgan fingerprint density at radius 1 is 1.37 bits per heavy atom. The second-order valence-corrected chi connectivity index (χ2v) is 4.79. The number of hydrogen-bond donors (Lipinski definition) is 3. The minimum Gasteiger partial charge on any atom is -0.397 e. The van der Waals surface area contributed by atoms with Gasteiger partial charge < -0.3 is 16.4 Å². The van der Waals surface area contributed by atoms with Crippen LogP contribution in [-0.2, 0) is 4.79 Å². The van der Waals surface area contributed by atoms with E-state index in [0.717, 1.165) is 29.4 Å². The highest BCUT2D eigenvalue weighted by molar-refractivity contribution is 5.97. The van der Waals surface area contributed by atoms with E-state index in [2.05, 4.69) is 15.6 Å². The molecule has 1 fully saturated rings. The molecule has 4 N–H and O–H groups in total. The molecule has 0 unspecified atom stereocenters. The maximum atomic E-state index is 11.6. The lowest BCUT2D eigenvalue weighted by atomic mass is 10.1. The summed E-state index contributed by atoms with van der Waals surface area (Å²) in [5.41, 5.74) is 8.34. The van der Waals surface area contributed by atoms with Crippen LogP contribution in [0.2, 0.25) is 0 Å². The van der Waals surface area contributed by atoms with Crippen LogP contribution < -0.4 is 16.4 Å². The summed E-state index contributed by atoms with van der Waals surface area (Å²) in [6.07, 6.45) is 3.92. The Labute approximate surface area is 111 Å². The predicted molar refractivity (Wildman–Crippen MR) is 75.8 cm³/mol. The first-order chi connectivity index (χ1) is 9.24. The first-order valence-electron chi connectivity index (χ1n) is 6.40. The predicted octanol–water partition coefficient (Wildman–Crippen LogP) is 1.51. The van der Waals surface area contributed by atoms with Crippen LogP contribution in [0.3, 0.4) is 0 Å². The monoisotopic (exact) mass is 256 g/mol. The molecule has 0 bridgehead atoms. The summed E-state index contributed by atoms with van der Waals surface area (Å²) >= 11 is 0. The smallest absolute Gasteiger partial charge is 0.239 e. The van der Waals surface area contributed by atoms with Crippen molar-refractivity contribution in [1.82, 2.24) is 10.3 Å². The van der Waals surface area contributed by atoms with Gasteiger partial charge in [0.25, 0.3) is 0 Å². The number of hydrogen-bond acceptors (Lipinski definition) is 4. The number of pyridine rings is 1. The van der Waals surface area contributed by atoms with E-state index in [1.54, 1.807) is 6.20 Å². The summed E-state index contributed by atoms with van der Waals surface area (Å²) < 4.78 is 0. The molecule has 0 spiro atoms. The lowest BCUT2D eigenvalue weighted by Gasteiger charge is -2.11. The summed E-state index contributed by atoms with van der Waals surface area (Å²) in [6.45, 7) is 0.243. The Morgan fingerprint density at radius 2 is 2.21 bits per heavy atom. The number of nitrogens with one attached hydrogen (secondary N) is 2. The molecule has 0 atom stereocenters. The number of carbonyl (C=O) groups excluding carboxylic acids is 1. The highest BCUT2D eigenvalue weighted by Crippen LogP contribution is 2.27. The molecule has 2 aromatic rings. The number of nitrogen functional groups attached to an aromatic ring is 1. The Morgan fingerprint density at radius 3 is 3.00 bits per heavy atom. The molecular formula is C14H16N4O. The fraction of sp³-hybridized carbons (Fsp3) is 0.286. The third kappa shape index (κ3) is 2.59. The Bertz CT molecular complexity index is 622. The zero-order valence-electron chi connectivity index (χ0n) is 10.5. The molecule has 0 radical (unpaired) electrons. The van der Waals surface area contributed by atoms with E-state index >= 15 is 0 Å². The van der Waals surface area contributed by atoms with Crippen LogP contribution in [-0.4, -0.2) is 23.5 Å². The van der Waals surface area contributed by atoms with Crippen molar-refractivity contribution in [2.75, 3.05) is 17.6 Å². The molecule has 1 amide bonds. The summed E-state index contributed by atoms with van der Waals surface area (Å²) in [7, 11) is 0. The van der Waals surface area contributed by atoms with Crippen molar-refractivity contribution in [3.05, 3.63) is 30.5 Å². The van der Waals surface area contributed by atoms with Gasteiger partial charge >= 0.3 is 0 Å². The van der Waals surface area contributed by atoms with Gasteiger partial charge in [-0.15, -0.1) is 0 Å². The number of rotatable bonds is 4. The molecule has 1 saturated carbocycles. The van der Waals surface area contributed by atoms with Crippen molar-refractivity contribution < 1.29 is 4.79 Å². The molecule has 5 nitrogen and oxygen atoms in total. The zero-order chi connectivity index (χ0) is 13.2. The molecule has 1 aromatic heterocycles. The summed E-state index contributed by atoms with van der Waals surface area (Å²) in [5, 5.41) is 6.90. The average Bonchev–Trinajstić information content (AvgIpc) is 3.22. The van der Waals surface area contributed by atoms with E-state index in [9.17, 15) is 4.79 Å². The molecule has 19 heavy (non-hydrogen) atoms. The third-order valence-electron chi connectivity index (χ3n) is 3.21. The topological polar surface area (TPSA) is 80.0 Å². The van der Waals surface area contributed by atoms with Crippen LogP contribution in [0.15, 0.2) is 30.5 Å². The van der Waals surface area contributed by atoms with E-state index in [0.29, 0.717) is 11.7 Å². The molecule has 1 aliphatic rings. The number of nitrogens with zero attached hydrogens (tertiary/aromatic N) is 1. The van der Waals surface area contributed by atoms with Crippen molar-refractivity contribution >= 4 is 28.2 Å². The fourth-order valence-corrected chi connectivity index (χ4v) is 2.01. The number of benzene rings is 1. The second-order valence-electron chi connectivity index (χ2n) is 4.79. The Kier molecular flexibility index (Phi) is 2.95. The minimum atomic E-state index is 0.00758. The van der Waals surface area contributed by atoms with Gasteiger partial charge in [0.1, 0.15) is 0 Å².